The van der Waals surface area contributed by atoms with Gasteiger partial charge in [-0.1, -0.05) is 17.7 Å². The largest absolute Gasteiger partial charge is 0.496 e. The van der Waals surface area contributed by atoms with Gasteiger partial charge < -0.3 is 15.0 Å². The number of methoxy groups -OCH3 is 1. The maximum absolute atomic E-state index is 12.7. The van der Waals surface area contributed by atoms with Crippen molar-refractivity contribution in [1.29, 1.82) is 0 Å². The molecular weight excluding hydrogens is 362 g/mol. The van der Waals surface area contributed by atoms with Crippen LogP contribution in [0.25, 0.3) is 10.9 Å². The smallest absolute Gasteiger partial charge is 0.261 e. The number of H-pyrrole nitrogens is 1. The first-order valence-electron chi connectivity index (χ1n) is 8.50. The van der Waals surface area contributed by atoms with Crippen molar-refractivity contribution in [2.24, 2.45) is 7.05 Å². The van der Waals surface area contributed by atoms with E-state index in [0.29, 0.717) is 21.2 Å². The fourth-order valence-electron chi connectivity index (χ4n) is 3.00. The standard InChI is InChI=1S/C20H21N3O3S/c1-11-5-8-17(26-4)15(9-11)12(2)21-18(24)13-6-7-14-16(10-13)22-20(27)23(3)19(14)25/h5-10,12H,1-4H3,(H,21,24)(H,22,27). The van der Waals surface area contributed by atoms with Gasteiger partial charge >= 0.3 is 0 Å². The van der Waals surface area contributed by atoms with Gasteiger partial charge in [-0.05, 0) is 50.3 Å². The molecule has 0 aliphatic rings. The fraction of sp³-hybridized carbons (Fsp3) is 0.250. The topological polar surface area (TPSA) is 76.1 Å². The van der Waals surface area contributed by atoms with Gasteiger partial charge in [0.15, 0.2) is 4.77 Å². The highest BCUT2D eigenvalue weighted by atomic mass is 32.1. The van der Waals surface area contributed by atoms with Crippen LogP contribution in [0.3, 0.4) is 0 Å². The molecule has 7 heteroatoms. The number of amides is 1. The Morgan fingerprint density at radius 2 is 2.00 bits per heavy atom. The third-order valence-electron chi connectivity index (χ3n) is 4.56. The summed E-state index contributed by atoms with van der Waals surface area (Å²) in [7, 11) is 3.22. The van der Waals surface area contributed by atoms with Crippen LogP contribution < -0.4 is 15.6 Å². The second-order valence-corrected chi connectivity index (χ2v) is 6.88. The highest BCUT2D eigenvalue weighted by molar-refractivity contribution is 7.71. The molecule has 0 aliphatic carbocycles. The summed E-state index contributed by atoms with van der Waals surface area (Å²) in [5.41, 5.74) is 2.77. The second kappa shape index (κ2) is 7.36. The van der Waals surface area contributed by atoms with Crippen LogP contribution in [-0.4, -0.2) is 22.6 Å². The monoisotopic (exact) mass is 383 g/mol. The molecule has 0 radical (unpaired) electrons. The summed E-state index contributed by atoms with van der Waals surface area (Å²) < 4.78 is 7.07. The molecule has 3 rings (SSSR count). The Hall–Kier alpha value is -2.93. The van der Waals surface area contributed by atoms with Gasteiger partial charge in [-0.3, -0.25) is 14.2 Å². The Balaban J connectivity index is 1.92. The summed E-state index contributed by atoms with van der Waals surface area (Å²) in [5, 5.41) is 3.46. The van der Waals surface area contributed by atoms with Crippen molar-refractivity contribution in [3.8, 4) is 5.75 Å². The van der Waals surface area contributed by atoms with Gasteiger partial charge in [-0.2, -0.15) is 0 Å². The lowest BCUT2D eigenvalue weighted by molar-refractivity contribution is 0.0939. The number of aromatic amines is 1. The summed E-state index contributed by atoms with van der Waals surface area (Å²) in [5.74, 6) is 0.479. The van der Waals surface area contributed by atoms with Crippen molar-refractivity contribution in [3.05, 3.63) is 68.2 Å². The van der Waals surface area contributed by atoms with Crippen LogP contribution in [0.1, 0.15) is 34.5 Å². The second-order valence-electron chi connectivity index (χ2n) is 6.50. The number of aromatic nitrogens is 2. The molecule has 0 bridgehead atoms. The van der Waals surface area contributed by atoms with E-state index < -0.39 is 0 Å². The maximum atomic E-state index is 12.7. The summed E-state index contributed by atoms with van der Waals surface area (Å²) in [6, 6.07) is 10.5. The van der Waals surface area contributed by atoms with E-state index in [-0.39, 0.29) is 17.5 Å². The number of nitrogens with zero attached hydrogens (tertiary/aromatic N) is 1. The van der Waals surface area contributed by atoms with Gasteiger partial charge in [-0.15, -0.1) is 0 Å². The molecule has 27 heavy (non-hydrogen) atoms. The number of benzene rings is 2. The molecule has 1 amide bonds. The fourth-order valence-corrected chi connectivity index (χ4v) is 3.19. The molecule has 0 spiro atoms. The molecule has 2 N–H and O–H groups in total. The van der Waals surface area contributed by atoms with Crippen molar-refractivity contribution < 1.29 is 9.53 Å². The minimum absolute atomic E-state index is 0.196. The van der Waals surface area contributed by atoms with Gasteiger partial charge in [0.1, 0.15) is 5.75 Å². The molecule has 0 saturated carbocycles. The molecular formula is C20H21N3O3S. The summed E-state index contributed by atoms with van der Waals surface area (Å²) in [6.45, 7) is 3.89. The molecule has 1 atom stereocenters. The number of carbonyl (C=O) groups excluding carboxylic acids is 1. The Bertz CT molecular complexity index is 1150. The van der Waals surface area contributed by atoms with E-state index in [1.807, 2.05) is 32.0 Å². The van der Waals surface area contributed by atoms with Crippen molar-refractivity contribution in [1.82, 2.24) is 14.9 Å². The minimum atomic E-state index is -0.245. The zero-order chi connectivity index (χ0) is 19.7. The highest BCUT2D eigenvalue weighted by Gasteiger charge is 2.16. The van der Waals surface area contributed by atoms with E-state index >= 15 is 0 Å². The first-order chi connectivity index (χ1) is 12.8. The molecule has 1 unspecified atom stereocenters. The van der Waals surface area contributed by atoms with Crippen LogP contribution in [0.2, 0.25) is 0 Å². The molecule has 0 aliphatic heterocycles. The first kappa shape index (κ1) is 18.8. The van der Waals surface area contributed by atoms with Crippen molar-refractivity contribution in [2.45, 2.75) is 19.9 Å². The van der Waals surface area contributed by atoms with Crippen LogP contribution in [0.4, 0.5) is 0 Å². The third kappa shape index (κ3) is 3.64. The molecule has 3 aromatic rings. The lowest BCUT2D eigenvalue weighted by atomic mass is 10.0. The van der Waals surface area contributed by atoms with Crippen LogP contribution >= 0.6 is 12.2 Å². The Kier molecular flexibility index (Phi) is 5.14. The average molecular weight is 383 g/mol. The normalized spacial score (nSPS) is 12.0. The zero-order valence-corrected chi connectivity index (χ0v) is 16.4. The van der Waals surface area contributed by atoms with E-state index in [9.17, 15) is 9.59 Å². The summed E-state index contributed by atoms with van der Waals surface area (Å²) in [4.78, 5) is 28.0. The molecule has 0 fully saturated rings. The first-order valence-corrected chi connectivity index (χ1v) is 8.91. The molecule has 140 valence electrons. The van der Waals surface area contributed by atoms with Crippen LogP contribution in [0.15, 0.2) is 41.2 Å². The SMILES string of the molecule is COc1ccc(C)cc1C(C)NC(=O)c1ccc2c(=O)n(C)c(=S)[nH]c2c1. The lowest BCUT2D eigenvalue weighted by Crippen LogP contribution is -2.27. The number of nitrogens with one attached hydrogen (secondary N) is 2. The maximum Gasteiger partial charge on any atom is 0.261 e. The van der Waals surface area contributed by atoms with Crippen molar-refractivity contribution in [3.63, 3.8) is 0 Å². The van der Waals surface area contributed by atoms with Gasteiger partial charge in [0.25, 0.3) is 11.5 Å². The number of fused-ring (bicyclic) bond motifs is 1. The van der Waals surface area contributed by atoms with Gasteiger partial charge in [0.2, 0.25) is 0 Å². The molecule has 0 saturated heterocycles. The van der Waals surface area contributed by atoms with Crippen LogP contribution in [0, 0.1) is 11.7 Å². The number of hydrogen-bond donors (Lipinski definition) is 2. The third-order valence-corrected chi connectivity index (χ3v) is 4.94. The number of hydrogen-bond acceptors (Lipinski definition) is 4. The molecule has 1 heterocycles. The summed E-state index contributed by atoms with van der Waals surface area (Å²) in [6.07, 6.45) is 0. The van der Waals surface area contributed by atoms with Crippen LogP contribution in [-0.2, 0) is 7.05 Å². The highest BCUT2D eigenvalue weighted by Crippen LogP contribution is 2.26. The number of carbonyl (C=O) groups is 1. The van der Waals surface area contributed by atoms with E-state index in [1.54, 1.807) is 32.4 Å². The Morgan fingerprint density at radius 1 is 1.26 bits per heavy atom. The Morgan fingerprint density at radius 3 is 2.70 bits per heavy atom. The Labute approximate surface area is 161 Å². The van der Waals surface area contributed by atoms with E-state index in [1.165, 1.54) is 4.57 Å². The summed E-state index contributed by atoms with van der Waals surface area (Å²) >= 11 is 5.14. The molecule has 1 aromatic heterocycles. The van der Waals surface area contributed by atoms with Gasteiger partial charge in [0.05, 0.1) is 24.1 Å². The van der Waals surface area contributed by atoms with E-state index in [4.69, 9.17) is 17.0 Å². The number of ether oxygens (including phenoxy) is 1. The van der Waals surface area contributed by atoms with E-state index in [0.717, 1.165) is 16.9 Å². The quantitative estimate of drug-likeness (QED) is 0.677. The minimum Gasteiger partial charge on any atom is -0.496 e. The van der Waals surface area contributed by atoms with Gasteiger partial charge in [-0.25, -0.2) is 0 Å². The van der Waals surface area contributed by atoms with Crippen molar-refractivity contribution >= 4 is 29.0 Å². The molecule has 6 nitrogen and oxygen atoms in total. The predicted octanol–water partition coefficient (Wildman–Crippen LogP) is 3.40. The molecule has 2 aromatic carbocycles. The zero-order valence-electron chi connectivity index (χ0n) is 15.6. The predicted molar refractivity (Wildman–Crippen MR) is 108 cm³/mol. The van der Waals surface area contributed by atoms with E-state index in [2.05, 4.69) is 10.3 Å². The van der Waals surface area contributed by atoms with Crippen molar-refractivity contribution in [2.75, 3.05) is 7.11 Å². The lowest BCUT2D eigenvalue weighted by Gasteiger charge is -2.18. The number of aryl methyl sites for hydroxylation is 1. The van der Waals surface area contributed by atoms with Crippen LogP contribution in [0.5, 0.6) is 5.75 Å². The average Bonchev–Trinajstić information content (AvgIpc) is 2.65. The number of rotatable bonds is 4. The van der Waals surface area contributed by atoms with Gasteiger partial charge in [0, 0.05) is 18.2 Å².